The summed E-state index contributed by atoms with van der Waals surface area (Å²) in [5.41, 5.74) is 4.51. The Balaban J connectivity index is 1.92. The minimum Gasteiger partial charge on any atom is -0.484 e. The van der Waals surface area contributed by atoms with Crippen LogP contribution in [-0.4, -0.2) is 18.2 Å². The van der Waals surface area contributed by atoms with Crippen LogP contribution in [-0.2, 0) is 4.79 Å². The molecule has 4 nitrogen and oxygen atoms in total. The molecule has 0 spiro atoms. The zero-order valence-corrected chi connectivity index (χ0v) is 13.4. The normalized spacial score (nSPS) is 11.1. The number of carbonyl (C=O) groups excluding carboxylic acids is 1. The maximum absolute atomic E-state index is 11.9. The van der Waals surface area contributed by atoms with Gasteiger partial charge in [0.05, 0.1) is 5.71 Å². The van der Waals surface area contributed by atoms with Crippen LogP contribution in [0.4, 0.5) is 0 Å². The summed E-state index contributed by atoms with van der Waals surface area (Å²) in [6.45, 7) is 2.08. The Hall–Kier alpha value is -2.62. The van der Waals surface area contributed by atoms with Crippen LogP contribution in [0.15, 0.2) is 65.8 Å². The van der Waals surface area contributed by atoms with E-state index in [2.05, 4.69) is 17.5 Å². The first-order valence-corrected chi connectivity index (χ1v) is 7.88. The quantitative estimate of drug-likeness (QED) is 0.596. The number of unbranched alkanes of at least 4 members (excludes halogenated alkanes) is 1. The fraction of sp³-hybridized carbons (Fsp3) is 0.263. The van der Waals surface area contributed by atoms with Crippen molar-refractivity contribution in [1.29, 1.82) is 0 Å². The Morgan fingerprint density at radius 3 is 2.35 bits per heavy atom. The highest BCUT2D eigenvalue weighted by Gasteiger charge is 2.05. The summed E-state index contributed by atoms with van der Waals surface area (Å²) in [6.07, 6.45) is 2.95. The lowest BCUT2D eigenvalue weighted by Crippen LogP contribution is -2.26. The molecule has 0 heterocycles. The van der Waals surface area contributed by atoms with Gasteiger partial charge in [-0.05, 0) is 30.5 Å². The van der Waals surface area contributed by atoms with Gasteiger partial charge in [0.15, 0.2) is 6.61 Å². The molecule has 0 saturated carbocycles. The maximum Gasteiger partial charge on any atom is 0.277 e. The Bertz CT molecular complexity index is 624. The van der Waals surface area contributed by atoms with Gasteiger partial charge in [0.2, 0.25) is 0 Å². The van der Waals surface area contributed by atoms with Crippen molar-refractivity contribution < 1.29 is 9.53 Å². The van der Waals surface area contributed by atoms with Crippen molar-refractivity contribution in [3.05, 3.63) is 66.2 Å². The van der Waals surface area contributed by atoms with Gasteiger partial charge >= 0.3 is 0 Å². The van der Waals surface area contributed by atoms with Crippen LogP contribution in [0.2, 0.25) is 0 Å². The molecule has 4 heteroatoms. The predicted octanol–water partition coefficient (Wildman–Crippen LogP) is 3.78. The van der Waals surface area contributed by atoms with Gasteiger partial charge in [0.25, 0.3) is 5.91 Å². The third-order valence-corrected chi connectivity index (χ3v) is 3.30. The average Bonchev–Trinajstić information content (AvgIpc) is 2.61. The van der Waals surface area contributed by atoms with Crippen molar-refractivity contribution in [3.63, 3.8) is 0 Å². The third-order valence-electron chi connectivity index (χ3n) is 3.30. The number of ether oxygens (including phenoxy) is 1. The number of amides is 1. The van der Waals surface area contributed by atoms with Crippen LogP contribution in [0.5, 0.6) is 5.75 Å². The number of benzene rings is 2. The summed E-state index contributed by atoms with van der Waals surface area (Å²) >= 11 is 0. The largest absolute Gasteiger partial charge is 0.484 e. The monoisotopic (exact) mass is 310 g/mol. The van der Waals surface area contributed by atoms with E-state index in [4.69, 9.17) is 4.74 Å². The highest BCUT2D eigenvalue weighted by Crippen LogP contribution is 2.09. The van der Waals surface area contributed by atoms with E-state index in [0.717, 1.165) is 30.5 Å². The van der Waals surface area contributed by atoms with Crippen LogP contribution >= 0.6 is 0 Å². The highest BCUT2D eigenvalue weighted by molar-refractivity contribution is 6.01. The molecule has 2 aromatic carbocycles. The van der Waals surface area contributed by atoms with E-state index in [1.165, 1.54) is 0 Å². The number of rotatable bonds is 8. The Kier molecular flexibility index (Phi) is 6.85. The SMILES string of the molecule is CCCC/C(=N/NC(=O)COc1ccccc1)c1ccccc1. The standard InChI is InChI=1S/C19H22N2O2/c1-2-3-14-18(16-10-6-4-7-11-16)20-21-19(22)15-23-17-12-8-5-9-13-17/h4-13H,2-3,14-15H2,1H3,(H,21,22)/b20-18-. The molecule has 0 radical (unpaired) electrons. The fourth-order valence-electron chi connectivity index (χ4n) is 2.07. The van der Waals surface area contributed by atoms with Gasteiger partial charge in [0.1, 0.15) is 5.75 Å². The van der Waals surface area contributed by atoms with Gasteiger partial charge in [0, 0.05) is 0 Å². The van der Waals surface area contributed by atoms with E-state index in [1.807, 2.05) is 60.7 Å². The van der Waals surface area contributed by atoms with E-state index < -0.39 is 0 Å². The molecule has 120 valence electrons. The first kappa shape index (κ1) is 16.7. The number of nitrogens with zero attached hydrogens (tertiary/aromatic N) is 1. The molecule has 0 atom stereocenters. The van der Waals surface area contributed by atoms with Crippen molar-refractivity contribution in [1.82, 2.24) is 5.43 Å². The average molecular weight is 310 g/mol. The summed E-state index contributed by atoms with van der Waals surface area (Å²) in [4.78, 5) is 11.9. The molecule has 0 aliphatic rings. The lowest BCUT2D eigenvalue weighted by atomic mass is 10.1. The number of nitrogens with one attached hydrogen (secondary N) is 1. The van der Waals surface area contributed by atoms with Crippen molar-refractivity contribution in [2.75, 3.05) is 6.61 Å². The number of hydrogen-bond acceptors (Lipinski definition) is 3. The Labute approximate surface area is 137 Å². The molecule has 0 aromatic heterocycles. The molecule has 2 aromatic rings. The molecule has 2 rings (SSSR count). The van der Waals surface area contributed by atoms with Crippen LogP contribution in [0.1, 0.15) is 31.7 Å². The summed E-state index contributed by atoms with van der Waals surface area (Å²) in [5.74, 6) is 0.402. The molecule has 0 aliphatic carbocycles. The molecule has 0 aliphatic heterocycles. The molecule has 1 N–H and O–H groups in total. The summed E-state index contributed by atoms with van der Waals surface area (Å²) < 4.78 is 5.41. The van der Waals surface area contributed by atoms with Gasteiger partial charge in [-0.15, -0.1) is 0 Å². The highest BCUT2D eigenvalue weighted by atomic mass is 16.5. The van der Waals surface area contributed by atoms with Crippen LogP contribution < -0.4 is 10.2 Å². The van der Waals surface area contributed by atoms with Crippen molar-refractivity contribution in [3.8, 4) is 5.75 Å². The third kappa shape index (κ3) is 5.94. The van der Waals surface area contributed by atoms with Gasteiger partial charge in [-0.3, -0.25) is 4.79 Å². The topological polar surface area (TPSA) is 50.7 Å². The fourth-order valence-corrected chi connectivity index (χ4v) is 2.07. The van der Waals surface area contributed by atoms with Gasteiger partial charge in [-0.2, -0.15) is 5.10 Å². The number of para-hydroxylation sites is 1. The second-order valence-corrected chi connectivity index (χ2v) is 5.16. The predicted molar refractivity (Wildman–Crippen MR) is 92.6 cm³/mol. The lowest BCUT2D eigenvalue weighted by molar-refractivity contribution is -0.123. The molecule has 1 amide bonds. The van der Waals surface area contributed by atoms with Crippen molar-refractivity contribution >= 4 is 11.6 Å². The Morgan fingerprint density at radius 2 is 1.70 bits per heavy atom. The molecule has 0 fully saturated rings. The summed E-state index contributed by atoms with van der Waals surface area (Å²) in [5, 5.41) is 4.28. The number of hydrogen-bond donors (Lipinski definition) is 1. The van der Waals surface area contributed by atoms with Crippen molar-refractivity contribution in [2.24, 2.45) is 5.10 Å². The summed E-state index contributed by atoms with van der Waals surface area (Å²) in [6, 6.07) is 19.2. The zero-order valence-electron chi connectivity index (χ0n) is 13.4. The Morgan fingerprint density at radius 1 is 1.04 bits per heavy atom. The first-order valence-electron chi connectivity index (χ1n) is 7.88. The maximum atomic E-state index is 11.9. The minimum absolute atomic E-state index is 0.0522. The van der Waals surface area contributed by atoms with E-state index >= 15 is 0 Å². The van der Waals surface area contributed by atoms with E-state index in [9.17, 15) is 4.79 Å². The molecular formula is C19H22N2O2. The van der Waals surface area contributed by atoms with Gasteiger partial charge in [-0.1, -0.05) is 61.9 Å². The second kappa shape index (κ2) is 9.41. The minimum atomic E-state index is -0.265. The lowest BCUT2D eigenvalue weighted by Gasteiger charge is -2.08. The number of carbonyl (C=O) groups is 1. The van der Waals surface area contributed by atoms with Gasteiger partial charge < -0.3 is 4.74 Å². The number of hydrazone groups is 1. The molecule has 0 saturated heterocycles. The van der Waals surface area contributed by atoms with Crippen LogP contribution in [0, 0.1) is 0 Å². The molecule has 0 bridgehead atoms. The zero-order chi connectivity index (χ0) is 16.3. The second-order valence-electron chi connectivity index (χ2n) is 5.16. The van der Waals surface area contributed by atoms with E-state index in [-0.39, 0.29) is 12.5 Å². The molecule has 23 heavy (non-hydrogen) atoms. The van der Waals surface area contributed by atoms with E-state index in [1.54, 1.807) is 0 Å². The van der Waals surface area contributed by atoms with Crippen molar-refractivity contribution in [2.45, 2.75) is 26.2 Å². The molecular weight excluding hydrogens is 288 g/mol. The smallest absolute Gasteiger partial charge is 0.277 e. The van der Waals surface area contributed by atoms with Crippen LogP contribution in [0.25, 0.3) is 0 Å². The summed E-state index contributed by atoms with van der Waals surface area (Å²) in [7, 11) is 0. The van der Waals surface area contributed by atoms with E-state index in [0.29, 0.717) is 5.75 Å². The van der Waals surface area contributed by atoms with Gasteiger partial charge in [-0.25, -0.2) is 5.43 Å². The first-order chi connectivity index (χ1) is 11.3. The van der Waals surface area contributed by atoms with Crippen LogP contribution in [0.3, 0.4) is 0 Å². The molecule has 0 unspecified atom stereocenters.